The molecule has 0 spiro atoms. The highest BCUT2D eigenvalue weighted by Crippen LogP contribution is 2.23. The average Bonchev–Trinajstić information content (AvgIpc) is 3.12. The molecule has 0 saturated heterocycles. The molecule has 1 N–H and O–H groups in total. The van der Waals surface area contributed by atoms with Gasteiger partial charge >= 0.3 is 0 Å². The zero-order valence-electron chi connectivity index (χ0n) is 15.1. The van der Waals surface area contributed by atoms with Crippen LogP contribution in [0.5, 0.6) is 0 Å². The Bertz CT molecular complexity index is 920. The Labute approximate surface area is 156 Å². The van der Waals surface area contributed by atoms with Crippen LogP contribution in [0.25, 0.3) is 11.3 Å². The van der Waals surface area contributed by atoms with Gasteiger partial charge in [-0.25, -0.2) is 8.78 Å². The first-order valence-electron chi connectivity index (χ1n) is 8.50. The van der Waals surface area contributed by atoms with Crippen molar-refractivity contribution in [2.75, 3.05) is 20.6 Å². The number of nitrogens with one attached hydrogen (secondary N) is 1. The van der Waals surface area contributed by atoms with Gasteiger partial charge in [-0.15, -0.1) is 0 Å². The van der Waals surface area contributed by atoms with E-state index in [1.807, 2.05) is 25.1 Å². The number of furan rings is 1. The third-order valence-electron chi connectivity index (χ3n) is 4.27. The molecule has 1 heterocycles. The Kier molecular flexibility index (Phi) is 5.66. The second-order valence-corrected chi connectivity index (χ2v) is 6.42. The molecular formula is C21H20F2N2O2. The number of benzene rings is 2. The molecule has 0 radical (unpaired) electrons. The van der Waals surface area contributed by atoms with Crippen molar-refractivity contribution in [3.05, 3.63) is 83.6 Å². The monoisotopic (exact) mass is 370 g/mol. The van der Waals surface area contributed by atoms with Gasteiger partial charge in [0, 0.05) is 12.1 Å². The van der Waals surface area contributed by atoms with Gasteiger partial charge in [-0.3, -0.25) is 4.79 Å². The number of nitrogens with zero attached hydrogens (tertiary/aromatic N) is 1. The minimum atomic E-state index is -0.369. The molecule has 3 aromatic rings. The van der Waals surface area contributed by atoms with E-state index < -0.39 is 0 Å². The van der Waals surface area contributed by atoms with Crippen LogP contribution in [-0.2, 0) is 0 Å². The summed E-state index contributed by atoms with van der Waals surface area (Å²) in [6.07, 6.45) is 0. The summed E-state index contributed by atoms with van der Waals surface area (Å²) in [5.74, 6) is -0.386. The average molecular weight is 370 g/mol. The molecule has 2 aromatic carbocycles. The molecule has 0 aliphatic heterocycles. The molecule has 4 nitrogen and oxygen atoms in total. The Hall–Kier alpha value is -2.99. The van der Waals surface area contributed by atoms with E-state index in [9.17, 15) is 13.6 Å². The number of likely N-dealkylation sites (N-methyl/N-ethyl adjacent to an activating group) is 1. The molecule has 0 fully saturated rings. The molecule has 27 heavy (non-hydrogen) atoms. The smallest absolute Gasteiger partial charge is 0.287 e. The third-order valence-corrected chi connectivity index (χ3v) is 4.27. The van der Waals surface area contributed by atoms with Crippen molar-refractivity contribution in [2.45, 2.75) is 6.04 Å². The van der Waals surface area contributed by atoms with Crippen molar-refractivity contribution >= 4 is 5.91 Å². The fraction of sp³-hybridized carbons (Fsp3) is 0.190. The molecule has 1 unspecified atom stereocenters. The SMILES string of the molecule is CN(C)C(CNC(=O)c1ccc(-c2ccc(F)cc2)o1)c1cccc(F)c1. The van der Waals surface area contributed by atoms with Gasteiger partial charge in [0.05, 0.1) is 6.04 Å². The van der Waals surface area contributed by atoms with E-state index in [4.69, 9.17) is 4.42 Å². The van der Waals surface area contributed by atoms with Crippen LogP contribution >= 0.6 is 0 Å². The highest BCUT2D eigenvalue weighted by atomic mass is 19.1. The van der Waals surface area contributed by atoms with Gasteiger partial charge in [0.15, 0.2) is 5.76 Å². The topological polar surface area (TPSA) is 45.5 Å². The number of hydrogen-bond donors (Lipinski definition) is 1. The van der Waals surface area contributed by atoms with E-state index in [0.717, 1.165) is 5.56 Å². The number of rotatable bonds is 6. The molecule has 140 valence electrons. The lowest BCUT2D eigenvalue weighted by atomic mass is 10.1. The number of amides is 1. The second-order valence-electron chi connectivity index (χ2n) is 6.42. The number of hydrogen-bond acceptors (Lipinski definition) is 3. The zero-order valence-corrected chi connectivity index (χ0v) is 15.1. The number of carbonyl (C=O) groups is 1. The summed E-state index contributed by atoms with van der Waals surface area (Å²) in [6.45, 7) is 0.294. The van der Waals surface area contributed by atoms with E-state index in [2.05, 4.69) is 5.32 Å². The van der Waals surface area contributed by atoms with Crippen LogP contribution in [0.2, 0.25) is 0 Å². The maximum atomic E-state index is 13.5. The molecule has 3 rings (SSSR count). The summed E-state index contributed by atoms with van der Waals surface area (Å²) in [5, 5.41) is 2.82. The molecule has 1 aromatic heterocycles. The van der Waals surface area contributed by atoms with E-state index in [1.54, 1.807) is 30.3 Å². The molecule has 0 aliphatic rings. The Morgan fingerprint density at radius 1 is 1.04 bits per heavy atom. The van der Waals surface area contributed by atoms with E-state index in [0.29, 0.717) is 17.9 Å². The summed E-state index contributed by atoms with van der Waals surface area (Å²) >= 11 is 0. The number of halogens is 2. The summed E-state index contributed by atoms with van der Waals surface area (Å²) in [7, 11) is 3.72. The van der Waals surface area contributed by atoms with Crippen molar-refractivity contribution in [2.24, 2.45) is 0 Å². The van der Waals surface area contributed by atoms with Crippen LogP contribution in [0.1, 0.15) is 22.2 Å². The molecule has 6 heteroatoms. The van der Waals surface area contributed by atoms with Crippen LogP contribution in [0.4, 0.5) is 8.78 Å². The lowest BCUT2D eigenvalue weighted by Crippen LogP contribution is -2.34. The quantitative estimate of drug-likeness (QED) is 0.705. The largest absolute Gasteiger partial charge is 0.451 e. The standard InChI is InChI=1S/C21H20F2N2O2/c1-25(2)18(15-4-3-5-17(23)12-15)13-24-21(26)20-11-10-19(27-20)14-6-8-16(22)9-7-14/h3-12,18H,13H2,1-2H3,(H,24,26). The lowest BCUT2D eigenvalue weighted by Gasteiger charge is -2.25. The van der Waals surface area contributed by atoms with Crippen molar-refractivity contribution in [3.8, 4) is 11.3 Å². The minimum absolute atomic E-state index is 0.158. The fourth-order valence-electron chi connectivity index (χ4n) is 2.82. The van der Waals surface area contributed by atoms with Crippen molar-refractivity contribution in [3.63, 3.8) is 0 Å². The number of carbonyl (C=O) groups excluding carboxylic acids is 1. The fourth-order valence-corrected chi connectivity index (χ4v) is 2.82. The molecule has 0 saturated carbocycles. The first-order chi connectivity index (χ1) is 12.9. The second kappa shape index (κ2) is 8.14. The van der Waals surface area contributed by atoms with Gasteiger partial charge in [-0.2, -0.15) is 0 Å². The van der Waals surface area contributed by atoms with E-state index in [-0.39, 0.29) is 29.3 Å². The third kappa shape index (κ3) is 4.60. The summed E-state index contributed by atoms with van der Waals surface area (Å²) in [4.78, 5) is 14.3. The van der Waals surface area contributed by atoms with Gasteiger partial charge < -0.3 is 14.6 Å². The van der Waals surface area contributed by atoms with Gasteiger partial charge in [0.2, 0.25) is 0 Å². The first-order valence-corrected chi connectivity index (χ1v) is 8.50. The van der Waals surface area contributed by atoms with Crippen molar-refractivity contribution < 1.29 is 18.0 Å². The predicted molar refractivity (Wildman–Crippen MR) is 99.3 cm³/mol. The molecule has 1 atom stereocenters. The Balaban J connectivity index is 1.68. The lowest BCUT2D eigenvalue weighted by molar-refractivity contribution is 0.0915. The van der Waals surface area contributed by atoms with Crippen molar-refractivity contribution in [1.82, 2.24) is 10.2 Å². The minimum Gasteiger partial charge on any atom is -0.451 e. The Morgan fingerprint density at radius 2 is 1.78 bits per heavy atom. The molecule has 0 bridgehead atoms. The van der Waals surface area contributed by atoms with E-state index >= 15 is 0 Å². The van der Waals surface area contributed by atoms with Gasteiger partial charge in [0.1, 0.15) is 17.4 Å². The molecular weight excluding hydrogens is 350 g/mol. The highest BCUT2D eigenvalue weighted by Gasteiger charge is 2.18. The summed E-state index contributed by atoms with van der Waals surface area (Å²) in [6, 6.07) is 15.2. The summed E-state index contributed by atoms with van der Waals surface area (Å²) in [5.41, 5.74) is 1.45. The van der Waals surface area contributed by atoms with E-state index in [1.165, 1.54) is 24.3 Å². The van der Waals surface area contributed by atoms with Crippen LogP contribution in [-0.4, -0.2) is 31.4 Å². The van der Waals surface area contributed by atoms with Gasteiger partial charge in [-0.1, -0.05) is 12.1 Å². The highest BCUT2D eigenvalue weighted by molar-refractivity contribution is 5.92. The van der Waals surface area contributed by atoms with Crippen LogP contribution in [0.3, 0.4) is 0 Å². The normalized spacial score (nSPS) is 12.2. The molecule has 0 aliphatic carbocycles. The van der Waals surface area contributed by atoms with Crippen LogP contribution in [0.15, 0.2) is 65.1 Å². The van der Waals surface area contributed by atoms with Crippen LogP contribution < -0.4 is 5.32 Å². The van der Waals surface area contributed by atoms with Gasteiger partial charge in [0.25, 0.3) is 5.91 Å². The zero-order chi connectivity index (χ0) is 19.4. The maximum Gasteiger partial charge on any atom is 0.287 e. The predicted octanol–water partition coefficient (Wildman–Crippen LogP) is 4.26. The van der Waals surface area contributed by atoms with Gasteiger partial charge in [-0.05, 0) is 68.2 Å². The van der Waals surface area contributed by atoms with Crippen molar-refractivity contribution in [1.29, 1.82) is 0 Å². The van der Waals surface area contributed by atoms with Crippen LogP contribution in [0, 0.1) is 11.6 Å². The molecule has 1 amide bonds. The first kappa shape index (κ1) is 18.8. The Morgan fingerprint density at radius 3 is 2.44 bits per heavy atom. The summed E-state index contributed by atoms with van der Waals surface area (Å²) < 4.78 is 32.1. The maximum absolute atomic E-state index is 13.5.